The van der Waals surface area contributed by atoms with E-state index in [4.69, 9.17) is 4.74 Å². The van der Waals surface area contributed by atoms with Crippen molar-refractivity contribution in [3.05, 3.63) is 29.6 Å². The molecule has 2 N–H and O–H groups in total. The molecular formula is C21H24F3N7O2S. The molecule has 34 heavy (non-hydrogen) atoms. The number of aromatic nitrogens is 2. The van der Waals surface area contributed by atoms with Crippen LogP contribution in [0, 0.1) is 6.92 Å². The highest BCUT2D eigenvalue weighted by Crippen LogP contribution is 2.28. The number of ether oxygens (including phenoxy) is 1. The molecule has 0 bridgehead atoms. The van der Waals surface area contributed by atoms with Crippen molar-refractivity contribution in [2.45, 2.75) is 38.1 Å². The zero-order valence-electron chi connectivity index (χ0n) is 18.6. The molecule has 2 aromatic rings. The van der Waals surface area contributed by atoms with Crippen LogP contribution in [-0.2, 0) is 0 Å². The highest BCUT2D eigenvalue weighted by molar-refractivity contribution is 7.11. The zero-order chi connectivity index (χ0) is 24.3. The summed E-state index contributed by atoms with van der Waals surface area (Å²) in [7, 11) is 2.08. The highest BCUT2D eigenvalue weighted by atomic mass is 32.1. The minimum atomic E-state index is -4.50. The monoisotopic (exact) mass is 495 g/mol. The Bertz CT molecular complexity index is 1080. The van der Waals surface area contributed by atoms with Crippen molar-refractivity contribution in [1.29, 1.82) is 0 Å². The van der Waals surface area contributed by atoms with Crippen molar-refractivity contribution in [3.8, 4) is 5.88 Å². The number of aliphatic imine (C=N–C) groups is 2. The van der Waals surface area contributed by atoms with Gasteiger partial charge in [0, 0.05) is 19.2 Å². The molecule has 0 aromatic carbocycles. The summed E-state index contributed by atoms with van der Waals surface area (Å²) in [4.78, 5) is 26.8. The predicted octanol–water partition coefficient (Wildman–Crippen LogP) is 3.40. The normalized spacial score (nSPS) is 19.6. The fourth-order valence-corrected chi connectivity index (χ4v) is 4.35. The molecule has 2 aromatic heterocycles. The molecule has 0 aliphatic carbocycles. The maximum absolute atomic E-state index is 13.0. The number of halogens is 3. The number of aryl methyl sites for hydroxylation is 1. The van der Waals surface area contributed by atoms with Crippen LogP contribution in [0.25, 0.3) is 0 Å². The third-order valence-corrected chi connectivity index (χ3v) is 6.30. The molecule has 1 unspecified atom stereocenters. The number of rotatable bonds is 5. The average molecular weight is 496 g/mol. The number of anilines is 2. The number of nitrogens with one attached hydrogen (secondary N) is 2. The topological polar surface area (TPSA) is 104 Å². The van der Waals surface area contributed by atoms with Gasteiger partial charge in [-0.2, -0.15) is 17.5 Å². The average Bonchev–Trinajstić information content (AvgIpc) is 3.16. The van der Waals surface area contributed by atoms with Crippen LogP contribution in [0.5, 0.6) is 5.88 Å². The lowest BCUT2D eigenvalue weighted by Gasteiger charge is -2.28. The Morgan fingerprint density at radius 2 is 2.03 bits per heavy atom. The molecule has 13 heteroatoms. The number of likely N-dealkylation sites (tertiary alicyclic amines) is 1. The molecular weight excluding hydrogens is 471 g/mol. The van der Waals surface area contributed by atoms with Crippen molar-refractivity contribution in [2.75, 3.05) is 37.3 Å². The quantitative estimate of drug-likeness (QED) is 0.659. The van der Waals surface area contributed by atoms with Crippen LogP contribution < -0.4 is 15.4 Å². The van der Waals surface area contributed by atoms with Crippen LogP contribution in [-0.4, -0.2) is 77.2 Å². The second kappa shape index (κ2) is 10.1. The van der Waals surface area contributed by atoms with Crippen LogP contribution in [0.4, 0.5) is 23.9 Å². The Morgan fingerprint density at radius 1 is 1.26 bits per heavy atom. The van der Waals surface area contributed by atoms with E-state index in [0.29, 0.717) is 17.3 Å². The van der Waals surface area contributed by atoms with Gasteiger partial charge < -0.3 is 20.3 Å². The number of hydrogen-bond acceptors (Lipinski definition) is 9. The highest BCUT2D eigenvalue weighted by Gasteiger charge is 2.40. The Labute approximate surface area is 198 Å². The largest absolute Gasteiger partial charge is 0.474 e. The first-order valence-electron chi connectivity index (χ1n) is 10.7. The van der Waals surface area contributed by atoms with Gasteiger partial charge in [-0.05, 0) is 44.4 Å². The lowest BCUT2D eigenvalue weighted by atomic mass is 10.1. The fourth-order valence-electron chi connectivity index (χ4n) is 3.55. The van der Waals surface area contributed by atoms with Gasteiger partial charge in [-0.15, -0.1) is 0 Å². The van der Waals surface area contributed by atoms with Crippen LogP contribution in [0.2, 0.25) is 0 Å². The van der Waals surface area contributed by atoms with E-state index in [1.165, 1.54) is 12.4 Å². The SMILES string of the molecule is Cc1nsc(NC2=NC(C(F)(F)F)CN=C2)c1C(=O)Nc1ccc(OC2CCN(C)CC2)nc1. The number of pyridine rings is 1. The van der Waals surface area contributed by atoms with Crippen LogP contribution in [0.3, 0.4) is 0 Å². The lowest BCUT2D eigenvalue weighted by molar-refractivity contribution is -0.144. The van der Waals surface area contributed by atoms with Crippen LogP contribution >= 0.6 is 11.5 Å². The van der Waals surface area contributed by atoms with Crippen molar-refractivity contribution in [2.24, 2.45) is 9.98 Å². The van der Waals surface area contributed by atoms with Gasteiger partial charge in [-0.3, -0.25) is 14.8 Å². The number of piperidine rings is 1. The van der Waals surface area contributed by atoms with E-state index in [1.54, 1.807) is 19.1 Å². The summed E-state index contributed by atoms with van der Waals surface area (Å²) < 4.78 is 49.0. The molecule has 0 saturated carbocycles. The summed E-state index contributed by atoms with van der Waals surface area (Å²) in [5.74, 6) is -0.0688. The van der Waals surface area contributed by atoms with Gasteiger partial charge in [0.25, 0.3) is 5.91 Å². The number of hydrogen-bond donors (Lipinski definition) is 2. The van der Waals surface area contributed by atoms with Gasteiger partial charge in [-0.1, -0.05) is 0 Å². The van der Waals surface area contributed by atoms with E-state index in [0.717, 1.165) is 37.5 Å². The summed E-state index contributed by atoms with van der Waals surface area (Å²) in [6.45, 7) is 3.12. The standard InChI is InChI=1S/C21H24F3N7O2S/c1-12-18(20(34-30-12)29-16-11-25-10-15(28-16)21(22,23)24)19(32)27-13-3-4-17(26-9-13)33-14-5-7-31(2)8-6-14/h3-4,9,11,14-15H,5-8,10H2,1-2H3,(H,27,32)(H,28,29). The molecule has 0 radical (unpaired) electrons. The minimum absolute atomic E-state index is 0.0802. The number of nitrogens with zero attached hydrogens (tertiary/aromatic N) is 5. The molecule has 182 valence electrons. The van der Waals surface area contributed by atoms with E-state index in [-0.39, 0.29) is 22.5 Å². The molecule has 2 aliphatic rings. The molecule has 4 heterocycles. The van der Waals surface area contributed by atoms with Gasteiger partial charge in [0.2, 0.25) is 5.88 Å². The third-order valence-electron chi connectivity index (χ3n) is 5.44. The van der Waals surface area contributed by atoms with Crippen molar-refractivity contribution < 1.29 is 22.7 Å². The first-order chi connectivity index (χ1) is 16.2. The van der Waals surface area contributed by atoms with Crippen LogP contribution in [0.15, 0.2) is 28.3 Å². The third kappa shape index (κ3) is 5.89. The number of carbonyl (C=O) groups is 1. The van der Waals surface area contributed by atoms with Gasteiger partial charge >= 0.3 is 6.18 Å². The van der Waals surface area contributed by atoms with Gasteiger partial charge in [0.1, 0.15) is 16.9 Å². The molecule has 4 rings (SSSR count). The van der Waals surface area contributed by atoms with E-state index in [1.807, 2.05) is 0 Å². The zero-order valence-corrected chi connectivity index (χ0v) is 19.4. The molecule has 0 spiro atoms. The molecule has 9 nitrogen and oxygen atoms in total. The van der Waals surface area contributed by atoms with Crippen molar-refractivity contribution in [1.82, 2.24) is 14.3 Å². The summed E-state index contributed by atoms with van der Waals surface area (Å²) >= 11 is 0.955. The number of amidine groups is 1. The maximum Gasteiger partial charge on any atom is 0.412 e. The summed E-state index contributed by atoms with van der Waals surface area (Å²) in [6.07, 6.45) is 0.181. The summed E-state index contributed by atoms with van der Waals surface area (Å²) in [5, 5.41) is 5.77. The second-order valence-electron chi connectivity index (χ2n) is 8.12. The van der Waals surface area contributed by atoms with Gasteiger partial charge in [-0.25, -0.2) is 4.98 Å². The summed E-state index contributed by atoms with van der Waals surface area (Å²) in [6, 6.07) is 1.45. The molecule has 1 atom stereocenters. The Hall–Kier alpha value is -3.06. The Balaban J connectivity index is 1.40. The number of alkyl halides is 3. The van der Waals surface area contributed by atoms with Crippen molar-refractivity contribution >= 4 is 40.2 Å². The Morgan fingerprint density at radius 3 is 2.71 bits per heavy atom. The van der Waals surface area contributed by atoms with Gasteiger partial charge in [0.15, 0.2) is 6.04 Å². The fraction of sp³-hybridized carbons (Fsp3) is 0.476. The van der Waals surface area contributed by atoms with Crippen LogP contribution in [0.1, 0.15) is 28.9 Å². The predicted molar refractivity (Wildman–Crippen MR) is 124 cm³/mol. The van der Waals surface area contributed by atoms with E-state index in [2.05, 4.69) is 41.9 Å². The summed E-state index contributed by atoms with van der Waals surface area (Å²) in [5.41, 5.74) is 1.09. The molecule has 1 fully saturated rings. The molecule has 2 aliphatic heterocycles. The maximum atomic E-state index is 13.0. The number of amides is 1. The first kappa shape index (κ1) is 24.1. The van der Waals surface area contributed by atoms with E-state index >= 15 is 0 Å². The van der Waals surface area contributed by atoms with E-state index < -0.39 is 24.7 Å². The van der Waals surface area contributed by atoms with E-state index in [9.17, 15) is 18.0 Å². The Kier molecular flexibility index (Phi) is 7.12. The number of carbonyl (C=O) groups excluding carboxylic acids is 1. The second-order valence-corrected chi connectivity index (χ2v) is 8.90. The lowest BCUT2D eigenvalue weighted by Crippen LogP contribution is -2.35. The van der Waals surface area contributed by atoms with Crippen molar-refractivity contribution in [3.63, 3.8) is 0 Å². The molecule has 1 saturated heterocycles. The minimum Gasteiger partial charge on any atom is -0.474 e. The first-order valence-corrected chi connectivity index (χ1v) is 11.5. The van der Waals surface area contributed by atoms with Gasteiger partial charge in [0.05, 0.1) is 35.9 Å². The molecule has 1 amide bonds. The smallest absolute Gasteiger partial charge is 0.412 e.